The van der Waals surface area contributed by atoms with Crippen LogP contribution in [0.25, 0.3) is 10.4 Å². The predicted octanol–water partition coefficient (Wildman–Crippen LogP) is 3.85. The maximum absolute atomic E-state index is 12.9. The van der Waals surface area contributed by atoms with Gasteiger partial charge in [-0.3, -0.25) is 0 Å². The zero-order valence-electron chi connectivity index (χ0n) is 6.80. The number of rotatable bonds is 1. The fourth-order valence-corrected chi connectivity index (χ4v) is 2.52. The minimum absolute atomic E-state index is 0.497. The average Bonchev–Trinajstić information content (AvgIpc) is 2.49. The number of hydrogen-bond acceptors (Lipinski definition) is 2. The van der Waals surface area contributed by atoms with E-state index in [1.54, 1.807) is 5.51 Å². The van der Waals surface area contributed by atoms with Crippen LogP contribution in [0.4, 0.5) is 8.78 Å². The first-order valence-electron chi connectivity index (χ1n) is 3.72. The maximum Gasteiger partial charge on any atom is 0.126 e. The molecule has 0 saturated heterocycles. The quantitative estimate of drug-likeness (QED) is 0.771. The fourth-order valence-electron chi connectivity index (χ4n) is 1.10. The summed E-state index contributed by atoms with van der Waals surface area (Å²) in [5, 5.41) is 0. The van der Waals surface area contributed by atoms with Crippen LogP contribution in [0.5, 0.6) is 0 Å². The van der Waals surface area contributed by atoms with E-state index in [0.29, 0.717) is 10.2 Å². The molecule has 0 atom stereocenters. The van der Waals surface area contributed by atoms with Crippen molar-refractivity contribution >= 4 is 27.3 Å². The summed E-state index contributed by atoms with van der Waals surface area (Å²) in [4.78, 5) is 4.67. The van der Waals surface area contributed by atoms with Gasteiger partial charge in [0.1, 0.15) is 16.2 Å². The lowest BCUT2D eigenvalue weighted by atomic mass is 10.2. The zero-order chi connectivity index (χ0) is 10.1. The van der Waals surface area contributed by atoms with Gasteiger partial charge in [0.2, 0.25) is 0 Å². The Balaban J connectivity index is 2.57. The lowest BCUT2D eigenvalue weighted by Crippen LogP contribution is -1.82. The van der Waals surface area contributed by atoms with Crippen molar-refractivity contribution in [3.8, 4) is 10.4 Å². The molecule has 5 heteroatoms. The van der Waals surface area contributed by atoms with Gasteiger partial charge in [-0.1, -0.05) is 0 Å². The van der Waals surface area contributed by atoms with Crippen molar-refractivity contribution in [3.05, 3.63) is 39.9 Å². The van der Waals surface area contributed by atoms with E-state index in [2.05, 4.69) is 20.9 Å². The summed E-state index contributed by atoms with van der Waals surface area (Å²) in [6, 6.07) is 3.40. The molecule has 0 saturated carbocycles. The summed E-state index contributed by atoms with van der Waals surface area (Å²) in [5.74, 6) is -1.17. The van der Waals surface area contributed by atoms with Crippen LogP contribution in [0, 0.1) is 11.6 Å². The van der Waals surface area contributed by atoms with Crippen LogP contribution < -0.4 is 0 Å². The summed E-state index contributed by atoms with van der Waals surface area (Å²) in [7, 11) is 0. The first-order chi connectivity index (χ1) is 6.66. The van der Waals surface area contributed by atoms with E-state index < -0.39 is 11.6 Å². The molecule has 0 aliphatic heterocycles. The number of benzene rings is 1. The van der Waals surface area contributed by atoms with Crippen LogP contribution in [-0.4, -0.2) is 4.98 Å². The summed E-state index contributed by atoms with van der Waals surface area (Å²) < 4.78 is 26.4. The summed E-state index contributed by atoms with van der Waals surface area (Å²) in [5.41, 5.74) is 2.11. The highest BCUT2D eigenvalue weighted by Crippen LogP contribution is 2.31. The molecule has 1 nitrogen and oxygen atoms in total. The second kappa shape index (κ2) is 3.74. The second-order valence-corrected chi connectivity index (χ2v) is 4.24. The van der Waals surface area contributed by atoms with Crippen molar-refractivity contribution in [2.45, 2.75) is 0 Å². The lowest BCUT2D eigenvalue weighted by Gasteiger charge is -1.98. The van der Waals surface area contributed by atoms with Crippen LogP contribution in [0.15, 0.2) is 28.3 Å². The van der Waals surface area contributed by atoms with Crippen LogP contribution in [0.2, 0.25) is 0 Å². The molecule has 2 aromatic rings. The van der Waals surface area contributed by atoms with Crippen LogP contribution in [-0.2, 0) is 0 Å². The van der Waals surface area contributed by atoms with Crippen molar-refractivity contribution in [1.82, 2.24) is 4.98 Å². The fraction of sp³-hybridized carbons (Fsp3) is 0. The van der Waals surface area contributed by atoms with Gasteiger partial charge in [0.15, 0.2) is 0 Å². The molecule has 1 heterocycles. The number of aromatic nitrogens is 1. The Morgan fingerprint density at radius 2 is 1.79 bits per heavy atom. The van der Waals surface area contributed by atoms with Gasteiger partial charge >= 0.3 is 0 Å². The molecule has 0 N–H and O–H groups in total. The van der Waals surface area contributed by atoms with Gasteiger partial charge in [0.25, 0.3) is 0 Å². The summed E-state index contributed by atoms with van der Waals surface area (Å²) >= 11 is 4.54. The molecule has 0 bridgehead atoms. The van der Waals surface area contributed by atoms with E-state index in [9.17, 15) is 8.78 Å². The van der Waals surface area contributed by atoms with E-state index in [-0.39, 0.29) is 0 Å². The van der Waals surface area contributed by atoms with E-state index in [1.165, 1.54) is 23.5 Å². The molecular weight excluding hydrogens is 272 g/mol. The van der Waals surface area contributed by atoms with Crippen LogP contribution >= 0.6 is 27.3 Å². The van der Waals surface area contributed by atoms with Crippen molar-refractivity contribution in [3.63, 3.8) is 0 Å². The SMILES string of the molecule is Fc1cc(F)cc(-c2scnc2Br)c1. The lowest BCUT2D eigenvalue weighted by molar-refractivity contribution is 0.584. The number of nitrogens with zero attached hydrogens (tertiary/aromatic N) is 1. The average molecular weight is 276 g/mol. The highest BCUT2D eigenvalue weighted by atomic mass is 79.9. The summed E-state index contributed by atoms with van der Waals surface area (Å²) in [6.07, 6.45) is 0. The Labute approximate surface area is 91.5 Å². The molecule has 0 spiro atoms. The topological polar surface area (TPSA) is 12.9 Å². The predicted molar refractivity (Wildman–Crippen MR) is 55.2 cm³/mol. The highest BCUT2D eigenvalue weighted by Gasteiger charge is 2.08. The molecule has 0 unspecified atom stereocenters. The van der Waals surface area contributed by atoms with Gasteiger partial charge in [0.05, 0.1) is 10.4 Å². The Morgan fingerprint density at radius 1 is 1.14 bits per heavy atom. The van der Waals surface area contributed by atoms with Gasteiger partial charge in [0, 0.05) is 11.6 Å². The minimum Gasteiger partial charge on any atom is -0.237 e. The monoisotopic (exact) mass is 275 g/mol. The van der Waals surface area contributed by atoms with Gasteiger partial charge < -0.3 is 0 Å². The Kier molecular flexibility index (Phi) is 2.60. The van der Waals surface area contributed by atoms with Crippen molar-refractivity contribution < 1.29 is 8.78 Å². The number of halogens is 3. The summed E-state index contributed by atoms with van der Waals surface area (Å²) in [6.45, 7) is 0. The minimum atomic E-state index is -0.583. The highest BCUT2D eigenvalue weighted by molar-refractivity contribution is 9.10. The molecule has 1 aromatic heterocycles. The Hall–Kier alpha value is -0.810. The molecule has 0 aliphatic carbocycles. The first-order valence-corrected chi connectivity index (χ1v) is 5.39. The third-order valence-corrected chi connectivity index (χ3v) is 3.39. The standard InChI is InChI=1S/C9H4BrF2NS/c10-9-8(14-4-13-9)5-1-6(11)3-7(12)2-5/h1-4H. The van der Waals surface area contributed by atoms with Crippen LogP contribution in [0.3, 0.4) is 0 Å². The van der Waals surface area contributed by atoms with Gasteiger partial charge in [-0.25, -0.2) is 13.8 Å². The van der Waals surface area contributed by atoms with E-state index in [4.69, 9.17) is 0 Å². The molecule has 0 fully saturated rings. The van der Waals surface area contributed by atoms with Crippen molar-refractivity contribution in [2.24, 2.45) is 0 Å². The Morgan fingerprint density at radius 3 is 2.29 bits per heavy atom. The number of hydrogen-bond donors (Lipinski definition) is 0. The molecule has 0 amide bonds. The largest absolute Gasteiger partial charge is 0.237 e. The van der Waals surface area contributed by atoms with Gasteiger partial charge in [-0.2, -0.15) is 0 Å². The van der Waals surface area contributed by atoms with E-state index >= 15 is 0 Å². The maximum atomic E-state index is 12.9. The smallest absolute Gasteiger partial charge is 0.126 e. The molecule has 1 aromatic carbocycles. The molecular formula is C9H4BrF2NS. The first kappa shape index (κ1) is 9.73. The Bertz CT molecular complexity index is 449. The van der Waals surface area contributed by atoms with Crippen molar-refractivity contribution in [2.75, 3.05) is 0 Å². The third kappa shape index (κ3) is 1.83. The van der Waals surface area contributed by atoms with E-state index in [1.807, 2.05) is 0 Å². The normalized spacial score (nSPS) is 10.5. The van der Waals surface area contributed by atoms with E-state index in [0.717, 1.165) is 10.9 Å². The van der Waals surface area contributed by atoms with Gasteiger partial charge in [-0.05, 0) is 28.1 Å². The third-order valence-electron chi connectivity index (χ3n) is 1.65. The molecule has 0 radical (unpaired) electrons. The molecule has 0 aliphatic rings. The van der Waals surface area contributed by atoms with Gasteiger partial charge in [-0.15, -0.1) is 11.3 Å². The molecule has 72 valence electrons. The number of thiazole rings is 1. The zero-order valence-corrected chi connectivity index (χ0v) is 9.20. The second-order valence-electron chi connectivity index (χ2n) is 2.63. The molecule has 14 heavy (non-hydrogen) atoms. The van der Waals surface area contributed by atoms with Crippen LogP contribution in [0.1, 0.15) is 0 Å². The van der Waals surface area contributed by atoms with Crippen molar-refractivity contribution in [1.29, 1.82) is 0 Å². The molecule has 2 rings (SSSR count).